The number of carbonyl (C=O) groups is 1. The van der Waals surface area contributed by atoms with Crippen molar-refractivity contribution < 1.29 is 13.6 Å². The molecule has 1 aromatic heterocycles. The van der Waals surface area contributed by atoms with Crippen molar-refractivity contribution >= 4 is 29.2 Å². The van der Waals surface area contributed by atoms with Gasteiger partial charge in [0.1, 0.15) is 23.0 Å². The third-order valence-electron chi connectivity index (χ3n) is 3.03. The first-order valence-electron chi connectivity index (χ1n) is 7.03. The number of anilines is 4. The van der Waals surface area contributed by atoms with E-state index in [4.69, 9.17) is 0 Å². The standard InChI is InChI=1S/C15H18F2N6O/c1-22(2)13-11(8-18-14(21-13)23(3)4)19-15(24)20-12-9(16)6-5-7-10(12)17/h5-8H,1-4H3,(H2,19,20,24). The summed E-state index contributed by atoms with van der Waals surface area (Å²) >= 11 is 0. The minimum absolute atomic E-state index is 0.305. The average Bonchev–Trinajstić information content (AvgIpc) is 2.51. The zero-order chi connectivity index (χ0) is 17.9. The van der Waals surface area contributed by atoms with Crippen LogP contribution in [0.25, 0.3) is 0 Å². The van der Waals surface area contributed by atoms with Crippen LogP contribution in [0.3, 0.4) is 0 Å². The summed E-state index contributed by atoms with van der Waals surface area (Å²) in [6, 6.07) is 2.52. The number of carbonyl (C=O) groups excluding carboxylic acids is 1. The van der Waals surface area contributed by atoms with Crippen LogP contribution in [0.1, 0.15) is 0 Å². The van der Waals surface area contributed by atoms with Gasteiger partial charge in [0.15, 0.2) is 5.82 Å². The van der Waals surface area contributed by atoms with Gasteiger partial charge in [-0.3, -0.25) is 0 Å². The van der Waals surface area contributed by atoms with Gasteiger partial charge >= 0.3 is 6.03 Å². The van der Waals surface area contributed by atoms with E-state index in [1.165, 1.54) is 12.3 Å². The second kappa shape index (κ2) is 7.07. The first-order chi connectivity index (χ1) is 11.3. The van der Waals surface area contributed by atoms with Crippen molar-refractivity contribution in [3.8, 4) is 0 Å². The first-order valence-corrected chi connectivity index (χ1v) is 7.03. The van der Waals surface area contributed by atoms with Gasteiger partial charge in [-0.25, -0.2) is 18.6 Å². The molecule has 2 N–H and O–H groups in total. The quantitative estimate of drug-likeness (QED) is 0.898. The SMILES string of the molecule is CN(C)c1ncc(NC(=O)Nc2c(F)cccc2F)c(N(C)C)n1. The Morgan fingerprint density at radius 3 is 2.21 bits per heavy atom. The van der Waals surface area contributed by atoms with E-state index in [-0.39, 0.29) is 0 Å². The van der Waals surface area contributed by atoms with Crippen molar-refractivity contribution in [2.45, 2.75) is 0 Å². The molecule has 0 saturated carbocycles. The summed E-state index contributed by atoms with van der Waals surface area (Å²) in [5.74, 6) is -0.808. The molecule has 2 rings (SSSR count). The summed E-state index contributed by atoms with van der Waals surface area (Å²) in [6.07, 6.45) is 1.43. The Kier molecular flexibility index (Phi) is 5.12. The number of amides is 2. The van der Waals surface area contributed by atoms with E-state index in [1.807, 2.05) is 0 Å². The van der Waals surface area contributed by atoms with E-state index in [0.29, 0.717) is 17.5 Å². The van der Waals surface area contributed by atoms with Crippen LogP contribution in [-0.2, 0) is 0 Å². The largest absolute Gasteiger partial charge is 0.361 e. The zero-order valence-corrected chi connectivity index (χ0v) is 13.8. The Balaban J connectivity index is 2.22. The third kappa shape index (κ3) is 3.86. The fraction of sp³-hybridized carbons (Fsp3) is 0.267. The monoisotopic (exact) mass is 336 g/mol. The third-order valence-corrected chi connectivity index (χ3v) is 3.03. The second-order valence-corrected chi connectivity index (χ2v) is 5.37. The smallest absolute Gasteiger partial charge is 0.323 e. The fourth-order valence-corrected chi connectivity index (χ4v) is 1.89. The van der Waals surface area contributed by atoms with E-state index in [2.05, 4.69) is 20.6 Å². The van der Waals surface area contributed by atoms with E-state index < -0.39 is 23.4 Å². The Hall–Kier alpha value is -2.97. The lowest BCUT2D eigenvalue weighted by molar-refractivity contribution is 0.262. The number of halogens is 2. The van der Waals surface area contributed by atoms with Gasteiger partial charge < -0.3 is 20.4 Å². The van der Waals surface area contributed by atoms with Crippen LogP contribution >= 0.6 is 0 Å². The zero-order valence-electron chi connectivity index (χ0n) is 13.8. The Bertz CT molecular complexity index is 730. The molecule has 128 valence electrons. The van der Waals surface area contributed by atoms with Gasteiger partial charge in [-0.05, 0) is 12.1 Å². The molecule has 0 fully saturated rings. The summed E-state index contributed by atoms with van der Waals surface area (Å²) in [6.45, 7) is 0. The molecule has 2 amide bonds. The lowest BCUT2D eigenvalue weighted by Crippen LogP contribution is -2.24. The highest BCUT2D eigenvalue weighted by Gasteiger charge is 2.16. The van der Waals surface area contributed by atoms with E-state index >= 15 is 0 Å². The van der Waals surface area contributed by atoms with Crippen LogP contribution < -0.4 is 20.4 Å². The van der Waals surface area contributed by atoms with Gasteiger partial charge in [0.2, 0.25) is 5.95 Å². The molecule has 9 heteroatoms. The van der Waals surface area contributed by atoms with Gasteiger partial charge in [-0.1, -0.05) is 6.07 Å². The number of para-hydroxylation sites is 1. The van der Waals surface area contributed by atoms with Crippen molar-refractivity contribution in [1.82, 2.24) is 9.97 Å². The lowest BCUT2D eigenvalue weighted by Gasteiger charge is -2.19. The highest BCUT2D eigenvalue weighted by molar-refractivity contribution is 6.01. The number of benzene rings is 1. The number of nitrogens with zero attached hydrogens (tertiary/aromatic N) is 4. The lowest BCUT2D eigenvalue weighted by atomic mass is 10.3. The maximum Gasteiger partial charge on any atom is 0.323 e. The molecular weight excluding hydrogens is 318 g/mol. The Morgan fingerprint density at radius 2 is 1.67 bits per heavy atom. The molecule has 0 spiro atoms. The van der Waals surface area contributed by atoms with Crippen molar-refractivity contribution in [2.75, 3.05) is 48.6 Å². The number of aromatic nitrogens is 2. The number of rotatable bonds is 4. The summed E-state index contributed by atoms with van der Waals surface area (Å²) < 4.78 is 27.2. The summed E-state index contributed by atoms with van der Waals surface area (Å²) in [5, 5.41) is 4.64. The number of nitrogens with one attached hydrogen (secondary N) is 2. The van der Waals surface area contributed by atoms with Gasteiger partial charge in [0.25, 0.3) is 0 Å². The second-order valence-electron chi connectivity index (χ2n) is 5.37. The Labute approximate surface area is 138 Å². The van der Waals surface area contributed by atoms with Crippen LogP contribution in [0.15, 0.2) is 24.4 Å². The van der Waals surface area contributed by atoms with Crippen LogP contribution in [0.2, 0.25) is 0 Å². The normalized spacial score (nSPS) is 10.2. The Morgan fingerprint density at radius 1 is 1.04 bits per heavy atom. The minimum atomic E-state index is -0.864. The van der Waals surface area contributed by atoms with E-state index in [0.717, 1.165) is 12.1 Å². The van der Waals surface area contributed by atoms with Crippen LogP contribution in [0.4, 0.5) is 36.7 Å². The topological polar surface area (TPSA) is 73.4 Å². The fourth-order valence-electron chi connectivity index (χ4n) is 1.89. The van der Waals surface area contributed by atoms with Crippen molar-refractivity contribution in [3.63, 3.8) is 0 Å². The van der Waals surface area contributed by atoms with Crippen LogP contribution in [0, 0.1) is 11.6 Å². The van der Waals surface area contributed by atoms with Crippen molar-refractivity contribution in [2.24, 2.45) is 0 Å². The number of hydrogen-bond acceptors (Lipinski definition) is 5. The summed E-state index contributed by atoms with van der Waals surface area (Å²) in [5.41, 5.74) is -0.216. The molecule has 0 unspecified atom stereocenters. The van der Waals surface area contributed by atoms with Gasteiger partial charge in [-0.2, -0.15) is 4.98 Å². The molecule has 0 aliphatic heterocycles. The minimum Gasteiger partial charge on any atom is -0.361 e. The van der Waals surface area contributed by atoms with E-state index in [9.17, 15) is 13.6 Å². The summed E-state index contributed by atoms with van der Waals surface area (Å²) in [4.78, 5) is 23.9. The van der Waals surface area contributed by atoms with Gasteiger partial charge in [-0.15, -0.1) is 0 Å². The first kappa shape index (κ1) is 17.4. The molecule has 0 aliphatic rings. The molecule has 0 aliphatic carbocycles. The van der Waals surface area contributed by atoms with Gasteiger partial charge in [0, 0.05) is 28.2 Å². The maximum atomic E-state index is 13.6. The molecule has 24 heavy (non-hydrogen) atoms. The predicted molar refractivity (Wildman–Crippen MR) is 89.7 cm³/mol. The molecule has 0 radical (unpaired) electrons. The number of hydrogen-bond donors (Lipinski definition) is 2. The molecule has 0 bridgehead atoms. The molecule has 0 saturated heterocycles. The summed E-state index contributed by atoms with van der Waals surface area (Å²) in [7, 11) is 7.08. The van der Waals surface area contributed by atoms with Crippen molar-refractivity contribution in [3.05, 3.63) is 36.0 Å². The molecular formula is C15H18F2N6O. The highest BCUT2D eigenvalue weighted by atomic mass is 19.1. The highest BCUT2D eigenvalue weighted by Crippen LogP contribution is 2.24. The molecule has 2 aromatic rings. The molecule has 0 atom stereocenters. The number of urea groups is 1. The maximum absolute atomic E-state index is 13.6. The molecule has 1 heterocycles. The van der Waals surface area contributed by atoms with Crippen molar-refractivity contribution in [1.29, 1.82) is 0 Å². The van der Waals surface area contributed by atoms with E-state index in [1.54, 1.807) is 38.0 Å². The average molecular weight is 336 g/mol. The van der Waals surface area contributed by atoms with Crippen LogP contribution in [0.5, 0.6) is 0 Å². The molecule has 7 nitrogen and oxygen atoms in total. The van der Waals surface area contributed by atoms with Crippen LogP contribution in [-0.4, -0.2) is 44.2 Å². The van der Waals surface area contributed by atoms with Gasteiger partial charge in [0.05, 0.1) is 6.20 Å². The predicted octanol–water partition coefficient (Wildman–Crippen LogP) is 2.53. The molecule has 1 aromatic carbocycles.